The third-order valence-corrected chi connectivity index (χ3v) is 3.68. The van der Waals surface area contributed by atoms with Gasteiger partial charge in [0.1, 0.15) is 12.3 Å². The number of hydrogen-bond donors (Lipinski definition) is 2. The van der Waals surface area contributed by atoms with Crippen molar-refractivity contribution >= 4 is 24.0 Å². The third-order valence-electron chi connectivity index (χ3n) is 3.68. The van der Waals surface area contributed by atoms with Gasteiger partial charge in [0.25, 0.3) is 5.91 Å². The van der Waals surface area contributed by atoms with Gasteiger partial charge in [-0.2, -0.15) is 0 Å². The molecule has 1 atom stereocenters. The predicted molar refractivity (Wildman–Crippen MR) is 76.0 cm³/mol. The highest BCUT2D eigenvalue weighted by Gasteiger charge is 2.38. The molecule has 22 heavy (non-hydrogen) atoms. The van der Waals surface area contributed by atoms with Crippen LogP contribution in [0, 0.1) is 0 Å². The summed E-state index contributed by atoms with van der Waals surface area (Å²) in [5.41, 5.74) is 1.76. The Morgan fingerprint density at radius 2 is 2.00 bits per heavy atom. The predicted octanol–water partition coefficient (Wildman–Crippen LogP) is -0.131. The maximum absolute atomic E-state index is 12.3. The van der Waals surface area contributed by atoms with Gasteiger partial charge in [0.15, 0.2) is 0 Å². The molecular formula is C15H16N2O5. The molecule has 0 saturated carbocycles. The van der Waals surface area contributed by atoms with E-state index in [2.05, 4.69) is 5.32 Å². The zero-order valence-electron chi connectivity index (χ0n) is 12.0. The van der Waals surface area contributed by atoms with Crippen molar-refractivity contribution in [3.8, 4) is 0 Å². The fraction of sp³-hybridized carbons (Fsp3) is 0.333. The molecule has 2 heterocycles. The Bertz CT molecular complexity index is 641. The quantitative estimate of drug-likeness (QED) is 0.585. The van der Waals surface area contributed by atoms with Gasteiger partial charge in [-0.25, -0.2) is 0 Å². The number of carbonyl (C=O) groups excluding carboxylic acids is 4. The number of benzene rings is 1. The van der Waals surface area contributed by atoms with Crippen molar-refractivity contribution in [2.24, 2.45) is 0 Å². The maximum Gasteiger partial charge on any atom is 0.255 e. The minimum atomic E-state index is -0.618. The van der Waals surface area contributed by atoms with Gasteiger partial charge in [0.05, 0.1) is 0 Å². The minimum absolute atomic E-state index is 0.230. The number of hydrogen-bond acceptors (Lipinski definition) is 5. The number of aliphatic hydroxyl groups is 1. The van der Waals surface area contributed by atoms with E-state index in [-0.39, 0.29) is 18.2 Å². The SMILES string of the molecule is CO.O=Cc1ccc2c(c1)CN(C1CCC(=O)NC1=O)C2=O. The topological polar surface area (TPSA) is 104 Å². The Balaban J connectivity index is 0.000000847. The Labute approximate surface area is 126 Å². The second-order valence-corrected chi connectivity index (χ2v) is 4.93. The molecule has 2 N–H and O–H groups in total. The van der Waals surface area contributed by atoms with Crippen LogP contribution in [-0.4, -0.2) is 47.2 Å². The molecule has 0 spiro atoms. The number of nitrogens with zero attached hydrogens (tertiary/aromatic N) is 1. The van der Waals surface area contributed by atoms with E-state index in [1.165, 1.54) is 4.90 Å². The number of nitrogens with one attached hydrogen (secondary N) is 1. The highest BCUT2D eigenvalue weighted by molar-refractivity contribution is 6.05. The number of piperidine rings is 1. The molecule has 3 amide bonds. The van der Waals surface area contributed by atoms with Gasteiger partial charge in [-0.05, 0) is 24.1 Å². The Hall–Kier alpha value is -2.54. The summed E-state index contributed by atoms with van der Waals surface area (Å²) in [6, 6.07) is 4.23. The standard InChI is InChI=1S/C14H12N2O4.CH4O/c17-7-8-1-2-10-9(5-8)6-16(14(10)20)11-3-4-12(18)15-13(11)19;1-2/h1-2,5,7,11H,3-4,6H2,(H,15,18,19);2H,1H3. The van der Waals surface area contributed by atoms with Gasteiger partial charge < -0.3 is 10.0 Å². The van der Waals surface area contributed by atoms with Crippen molar-refractivity contribution in [3.05, 3.63) is 34.9 Å². The van der Waals surface area contributed by atoms with E-state index in [0.29, 0.717) is 24.1 Å². The summed E-state index contributed by atoms with van der Waals surface area (Å²) < 4.78 is 0. The zero-order valence-corrected chi connectivity index (χ0v) is 12.0. The second-order valence-electron chi connectivity index (χ2n) is 4.93. The molecule has 0 radical (unpaired) electrons. The molecule has 1 saturated heterocycles. The van der Waals surface area contributed by atoms with Gasteiger partial charge >= 0.3 is 0 Å². The van der Waals surface area contributed by atoms with Crippen molar-refractivity contribution < 1.29 is 24.3 Å². The Morgan fingerprint density at radius 1 is 1.27 bits per heavy atom. The van der Waals surface area contributed by atoms with Gasteiger partial charge in [0.2, 0.25) is 11.8 Å². The number of imide groups is 1. The minimum Gasteiger partial charge on any atom is -0.400 e. The number of fused-ring (bicyclic) bond motifs is 1. The zero-order chi connectivity index (χ0) is 16.3. The van der Waals surface area contributed by atoms with E-state index in [9.17, 15) is 19.2 Å². The van der Waals surface area contributed by atoms with Gasteiger partial charge in [-0.15, -0.1) is 0 Å². The molecule has 1 unspecified atom stereocenters. The third kappa shape index (κ3) is 2.75. The molecule has 2 aliphatic heterocycles. The van der Waals surface area contributed by atoms with Crippen LogP contribution in [0.3, 0.4) is 0 Å². The lowest BCUT2D eigenvalue weighted by molar-refractivity contribution is -0.136. The van der Waals surface area contributed by atoms with Gasteiger partial charge in [0, 0.05) is 31.2 Å². The van der Waals surface area contributed by atoms with E-state index in [1.807, 2.05) is 0 Å². The van der Waals surface area contributed by atoms with Crippen molar-refractivity contribution in [1.29, 1.82) is 0 Å². The lowest BCUT2D eigenvalue weighted by Gasteiger charge is -2.29. The van der Waals surface area contributed by atoms with Gasteiger partial charge in [-0.1, -0.05) is 6.07 Å². The largest absolute Gasteiger partial charge is 0.400 e. The van der Waals surface area contributed by atoms with Crippen molar-refractivity contribution in [1.82, 2.24) is 10.2 Å². The van der Waals surface area contributed by atoms with E-state index in [0.717, 1.165) is 19.0 Å². The van der Waals surface area contributed by atoms with Crippen LogP contribution in [0.4, 0.5) is 0 Å². The van der Waals surface area contributed by atoms with Crippen LogP contribution in [-0.2, 0) is 16.1 Å². The normalized spacial score (nSPS) is 20.0. The Kier molecular flexibility index (Phi) is 4.67. The number of aliphatic hydroxyl groups excluding tert-OH is 1. The number of amides is 3. The van der Waals surface area contributed by atoms with Crippen LogP contribution in [0.2, 0.25) is 0 Å². The molecule has 0 bridgehead atoms. The van der Waals surface area contributed by atoms with E-state index in [1.54, 1.807) is 18.2 Å². The van der Waals surface area contributed by atoms with Crippen LogP contribution < -0.4 is 5.32 Å². The van der Waals surface area contributed by atoms with Crippen LogP contribution >= 0.6 is 0 Å². The van der Waals surface area contributed by atoms with Crippen LogP contribution in [0.5, 0.6) is 0 Å². The summed E-state index contributed by atoms with van der Waals surface area (Å²) >= 11 is 0. The van der Waals surface area contributed by atoms with Crippen LogP contribution in [0.25, 0.3) is 0 Å². The summed E-state index contributed by atoms with van der Waals surface area (Å²) in [5.74, 6) is -0.969. The first-order chi connectivity index (χ1) is 10.6. The molecule has 0 aromatic heterocycles. The first-order valence-electron chi connectivity index (χ1n) is 6.77. The van der Waals surface area contributed by atoms with E-state index >= 15 is 0 Å². The average Bonchev–Trinajstić information content (AvgIpc) is 2.85. The highest BCUT2D eigenvalue weighted by Crippen LogP contribution is 2.27. The molecule has 3 rings (SSSR count). The monoisotopic (exact) mass is 304 g/mol. The van der Waals surface area contributed by atoms with Crippen LogP contribution in [0.1, 0.15) is 39.1 Å². The molecule has 1 fully saturated rings. The van der Waals surface area contributed by atoms with Crippen LogP contribution in [0.15, 0.2) is 18.2 Å². The molecule has 0 aliphatic carbocycles. The highest BCUT2D eigenvalue weighted by atomic mass is 16.2. The van der Waals surface area contributed by atoms with Crippen molar-refractivity contribution in [3.63, 3.8) is 0 Å². The summed E-state index contributed by atoms with van der Waals surface area (Å²) in [4.78, 5) is 47.5. The number of carbonyl (C=O) groups is 4. The molecule has 7 heteroatoms. The fourth-order valence-electron chi connectivity index (χ4n) is 2.67. The summed E-state index contributed by atoms with van der Waals surface area (Å²) in [5, 5.41) is 9.25. The number of aldehydes is 1. The summed E-state index contributed by atoms with van der Waals surface area (Å²) in [7, 11) is 1.00. The van der Waals surface area contributed by atoms with E-state index < -0.39 is 11.9 Å². The Morgan fingerprint density at radius 3 is 2.64 bits per heavy atom. The first-order valence-corrected chi connectivity index (χ1v) is 6.77. The van der Waals surface area contributed by atoms with Crippen molar-refractivity contribution in [2.75, 3.05) is 7.11 Å². The first kappa shape index (κ1) is 15.8. The molecule has 7 nitrogen and oxygen atoms in total. The van der Waals surface area contributed by atoms with E-state index in [4.69, 9.17) is 5.11 Å². The molecular weight excluding hydrogens is 288 g/mol. The smallest absolute Gasteiger partial charge is 0.255 e. The fourth-order valence-corrected chi connectivity index (χ4v) is 2.67. The number of rotatable bonds is 2. The average molecular weight is 304 g/mol. The lowest BCUT2D eigenvalue weighted by Crippen LogP contribution is -2.52. The molecule has 1 aromatic rings. The second kappa shape index (κ2) is 6.48. The summed E-state index contributed by atoms with van der Waals surface area (Å²) in [6.45, 7) is 0.294. The summed E-state index contributed by atoms with van der Waals surface area (Å²) in [6.07, 6.45) is 1.29. The molecule has 1 aromatic carbocycles. The van der Waals surface area contributed by atoms with Crippen molar-refractivity contribution in [2.45, 2.75) is 25.4 Å². The molecule has 2 aliphatic rings. The molecule has 116 valence electrons. The van der Waals surface area contributed by atoms with Gasteiger partial charge in [-0.3, -0.25) is 24.5 Å². The maximum atomic E-state index is 12.3. The lowest BCUT2D eigenvalue weighted by atomic mass is 10.0.